The first-order valence-corrected chi connectivity index (χ1v) is 9.38. The topological polar surface area (TPSA) is 83.6 Å². The Labute approximate surface area is 171 Å². The average Bonchev–Trinajstić information content (AvgIpc) is 2.69. The van der Waals surface area contributed by atoms with E-state index >= 15 is 0 Å². The SMILES string of the molecule is O=C(CN1CCC[C@@H](C(=O)Nc2ccccn2)C1)Nc1ccc(OC(F)(F)F)cc1. The van der Waals surface area contributed by atoms with Crippen LogP contribution in [-0.2, 0) is 9.59 Å². The molecule has 2 amide bonds. The van der Waals surface area contributed by atoms with Gasteiger partial charge in [-0.15, -0.1) is 13.2 Å². The van der Waals surface area contributed by atoms with Crippen LogP contribution < -0.4 is 15.4 Å². The van der Waals surface area contributed by atoms with Gasteiger partial charge in [-0.1, -0.05) is 6.07 Å². The van der Waals surface area contributed by atoms with Crippen molar-refractivity contribution in [3.8, 4) is 5.75 Å². The van der Waals surface area contributed by atoms with Crippen LogP contribution in [0.3, 0.4) is 0 Å². The number of piperidine rings is 1. The Morgan fingerprint density at radius 2 is 1.90 bits per heavy atom. The predicted molar refractivity (Wildman–Crippen MR) is 104 cm³/mol. The molecule has 1 aromatic heterocycles. The molecule has 2 heterocycles. The number of pyridine rings is 1. The molecule has 30 heavy (non-hydrogen) atoms. The van der Waals surface area contributed by atoms with Gasteiger partial charge in [0.2, 0.25) is 11.8 Å². The summed E-state index contributed by atoms with van der Waals surface area (Å²) in [5.74, 6) is -0.592. The Bertz CT molecular complexity index is 860. The van der Waals surface area contributed by atoms with E-state index in [0.717, 1.165) is 25.0 Å². The van der Waals surface area contributed by atoms with Crippen molar-refractivity contribution in [3.63, 3.8) is 0 Å². The maximum absolute atomic E-state index is 12.5. The number of benzene rings is 1. The molecule has 0 bridgehead atoms. The first-order chi connectivity index (χ1) is 14.3. The van der Waals surface area contributed by atoms with Gasteiger partial charge < -0.3 is 15.4 Å². The number of ether oxygens (including phenoxy) is 1. The van der Waals surface area contributed by atoms with Gasteiger partial charge in [-0.2, -0.15) is 0 Å². The highest BCUT2D eigenvalue weighted by atomic mass is 19.4. The third kappa shape index (κ3) is 6.73. The third-order valence-corrected chi connectivity index (χ3v) is 4.53. The molecule has 1 atom stereocenters. The van der Waals surface area contributed by atoms with Crippen LogP contribution in [0, 0.1) is 5.92 Å². The summed E-state index contributed by atoms with van der Waals surface area (Å²) in [6, 6.07) is 10.2. The summed E-state index contributed by atoms with van der Waals surface area (Å²) in [4.78, 5) is 30.7. The van der Waals surface area contributed by atoms with E-state index in [-0.39, 0.29) is 30.0 Å². The summed E-state index contributed by atoms with van der Waals surface area (Å²) < 4.78 is 40.4. The van der Waals surface area contributed by atoms with E-state index in [4.69, 9.17) is 0 Å². The highest BCUT2D eigenvalue weighted by Gasteiger charge is 2.31. The Morgan fingerprint density at radius 1 is 1.13 bits per heavy atom. The van der Waals surface area contributed by atoms with Crippen LogP contribution >= 0.6 is 0 Å². The molecule has 10 heteroatoms. The van der Waals surface area contributed by atoms with Crippen molar-refractivity contribution in [1.82, 2.24) is 9.88 Å². The third-order valence-electron chi connectivity index (χ3n) is 4.53. The van der Waals surface area contributed by atoms with Crippen LogP contribution in [0.5, 0.6) is 5.75 Å². The minimum atomic E-state index is -4.77. The number of nitrogens with one attached hydrogen (secondary N) is 2. The van der Waals surface area contributed by atoms with Crippen LogP contribution in [0.15, 0.2) is 48.7 Å². The molecule has 2 aromatic rings. The van der Waals surface area contributed by atoms with Crippen molar-refractivity contribution < 1.29 is 27.5 Å². The maximum Gasteiger partial charge on any atom is 0.573 e. The lowest BCUT2D eigenvalue weighted by Gasteiger charge is -2.31. The van der Waals surface area contributed by atoms with E-state index in [1.165, 1.54) is 12.1 Å². The molecule has 1 fully saturated rings. The number of aromatic nitrogens is 1. The van der Waals surface area contributed by atoms with E-state index in [9.17, 15) is 22.8 Å². The molecule has 7 nitrogen and oxygen atoms in total. The van der Waals surface area contributed by atoms with Crippen LogP contribution in [-0.4, -0.2) is 47.7 Å². The standard InChI is InChI=1S/C20H21F3N4O3/c21-20(22,23)30-16-8-6-15(7-9-16)25-18(28)13-27-11-3-4-14(12-27)19(29)26-17-5-1-2-10-24-17/h1-2,5-10,14H,3-4,11-13H2,(H,25,28)(H,24,26,29)/t14-/m1/s1. The molecule has 1 aliphatic heterocycles. The normalized spacial score (nSPS) is 17.2. The van der Waals surface area contributed by atoms with Crippen molar-refractivity contribution in [3.05, 3.63) is 48.7 Å². The number of likely N-dealkylation sites (tertiary alicyclic amines) is 1. The number of hydrogen-bond donors (Lipinski definition) is 2. The van der Waals surface area contributed by atoms with Crippen molar-refractivity contribution >= 4 is 23.3 Å². The van der Waals surface area contributed by atoms with Gasteiger partial charge in [0.1, 0.15) is 11.6 Å². The second kappa shape index (κ2) is 9.57. The summed E-state index contributed by atoms with van der Waals surface area (Å²) in [7, 11) is 0. The van der Waals surface area contributed by atoms with Crippen molar-refractivity contribution in [1.29, 1.82) is 0 Å². The molecular formula is C20H21F3N4O3. The van der Waals surface area contributed by atoms with E-state index in [1.807, 2.05) is 4.90 Å². The molecule has 2 N–H and O–H groups in total. The fraction of sp³-hybridized carbons (Fsp3) is 0.350. The second-order valence-electron chi connectivity index (χ2n) is 6.90. The van der Waals surface area contributed by atoms with Gasteiger partial charge in [0.25, 0.3) is 0 Å². The van der Waals surface area contributed by atoms with Crippen molar-refractivity contribution in [2.75, 3.05) is 30.3 Å². The Hall–Kier alpha value is -3.14. The minimum absolute atomic E-state index is 0.0775. The first-order valence-electron chi connectivity index (χ1n) is 9.38. The molecule has 3 rings (SSSR count). The maximum atomic E-state index is 12.5. The zero-order valence-corrected chi connectivity index (χ0v) is 16.0. The van der Waals surface area contributed by atoms with Gasteiger partial charge in [-0.05, 0) is 55.8 Å². The van der Waals surface area contributed by atoms with Gasteiger partial charge in [0.05, 0.1) is 12.5 Å². The van der Waals surface area contributed by atoms with E-state index < -0.39 is 6.36 Å². The summed E-state index contributed by atoms with van der Waals surface area (Å²) in [5, 5.41) is 5.41. The van der Waals surface area contributed by atoms with Crippen LogP contribution in [0.2, 0.25) is 0 Å². The molecular weight excluding hydrogens is 401 g/mol. The number of carbonyl (C=O) groups is 2. The Kier molecular flexibility index (Phi) is 6.88. The summed E-state index contributed by atoms with van der Waals surface area (Å²) >= 11 is 0. The number of anilines is 2. The largest absolute Gasteiger partial charge is 0.573 e. The molecule has 1 aliphatic rings. The summed E-state index contributed by atoms with van der Waals surface area (Å²) in [6.45, 7) is 1.19. The van der Waals surface area contributed by atoms with Crippen molar-refractivity contribution in [2.24, 2.45) is 5.92 Å². The number of hydrogen-bond acceptors (Lipinski definition) is 5. The van der Waals surface area contributed by atoms with Gasteiger partial charge in [0.15, 0.2) is 0 Å². The highest BCUT2D eigenvalue weighted by molar-refractivity contribution is 5.93. The monoisotopic (exact) mass is 422 g/mol. The first kappa shape index (κ1) is 21.6. The zero-order chi connectivity index (χ0) is 21.6. The Morgan fingerprint density at radius 3 is 2.57 bits per heavy atom. The molecule has 0 aliphatic carbocycles. The van der Waals surface area contributed by atoms with E-state index in [0.29, 0.717) is 24.6 Å². The smallest absolute Gasteiger partial charge is 0.406 e. The lowest BCUT2D eigenvalue weighted by Crippen LogP contribution is -2.44. The highest BCUT2D eigenvalue weighted by Crippen LogP contribution is 2.24. The lowest BCUT2D eigenvalue weighted by atomic mass is 9.97. The molecule has 0 radical (unpaired) electrons. The van der Waals surface area contributed by atoms with Gasteiger partial charge in [0, 0.05) is 18.4 Å². The molecule has 0 saturated carbocycles. The quantitative estimate of drug-likeness (QED) is 0.747. The fourth-order valence-corrected chi connectivity index (χ4v) is 3.22. The fourth-order valence-electron chi connectivity index (χ4n) is 3.22. The molecule has 0 spiro atoms. The molecule has 0 unspecified atom stereocenters. The zero-order valence-electron chi connectivity index (χ0n) is 16.0. The number of amides is 2. The lowest BCUT2D eigenvalue weighted by molar-refractivity contribution is -0.274. The van der Waals surface area contributed by atoms with E-state index in [1.54, 1.807) is 24.4 Å². The van der Waals surface area contributed by atoms with Gasteiger partial charge >= 0.3 is 6.36 Å². The average molecular weight is 422 g/mol. The molecule has 1 saturated heterocycles. The van der Waals surface area contributed by atoms with Crippen LogP contribution in [0.25, 0.3) is 0 Å². The number of alkyl halides is 3. The van der Waals surface area contributed by atoms with Crippen molar-refractivity contribution in [2.45, 2.75) is 19.2 Å². The molecule has 160 valence electrons. The molecule has 1 aromatic carbocycles. The van der Waals surface area contributed by atoms with Gasteiger partial charge in [-0.25, -0.2) is 4.98 Å². The number of halogens is 3. The number of rotatable bonds is 6. The van der Waals surface area contributed by atoms with Crippen LogP contribution in [0.1, 0.15) is 12.8 Å². The van der Waals surface area contributed by atoms with Gasteiger partial charge in [-0.3, -0.25) is 14.5 Å². The summed E-state index contributed by atoms with van der Waals surface area (Å²) in [6.07, 6.45) is -1.68. The van der Waals surface area contributed by atoms with E-state index in [2.05, 4.69) is 20.4 Å². The number of nitrogens with zero attached hydrogens (tertiary/aromatic N) is 2. The minimum Gasteiger partial charge on any atom is -0.406 e. The Balaban J connectivity index is 1.48. The summed E-state index contributed by atoms with van der Waals surface area (Å²) in [5.41, 5.74) is 0.357. The number of carbonyl (C=O) groups excluding carboxylic acids is 2. The second-order valence-corrected chi connectivity index (χ2v) is 6.90. The van der Waals surface area contributed by atoms with Crippen LogP contribution in [0.4, 0.5) is 24.7 Å². The predicted octanol–water partition coefficient (Wildman–Crippen LogP) is 3.27.